The van der Waals surface area contributed by atoms with Crippen molar-refractivity contribution >= 4 is 10.9 Å². The molecule has 0 atom stereocenters. The summed E-state index contributed by atoms with van der Waals surface area (Å²) >= 11 is 0. The lowest BCUT2D eigenvalue weighted by atomic mass is 9.98. The molecule has 0 radical (unpaired) electrons. The Balaban J connectivity index is 1.56. The van der Waals surface area contributed by atoms with E-state index in [2.05, 4.69) is 64.4 Å². The Labute approximate surface area is 155 Å². The molecule has 4 heteroatoms. The summed E-state index contributed by atoms with van der Waals surface area (Å²) in [7, 11) is 0. The molecular weight excluding hydrogens is 320 g/mol. The summed E-state index contributed by atoms with van der Waals surface area (Å²) in [6, 6.07) is 12.8. The largest absolute Gasteiger partial charge is 0.317 e. The highest BCUT2D eigenvalue weighted by Crippen LogP contribution is 2.26. The van der Waals surface area contributed by atoms with Crippen molar-refractivity contribution in [2.75, 3.05) is 19.6 Å². The maximum Gasteiger partial charge on any atom is 0.0942 e. The Morgan fingerprint density at radius 3 is 2.81 bits per heavy atom. The van der Waals surface area contributed by atoms with E-state index in [1.54, 1.807) is 0 Å². The molecule has 0 amide bonds. The van der Waals surface area contributed by atoms with Crippen molar-refractivity contribution in [3.63, 3.8) is 0 Å². The lowest BCUT2D eigenvalue weighted by Crippen LogP contribution is -2.33. The van der Waals surface area contributed by atoms with E-state index in [0.29, 0.717) is 0 Å². The average Bonchev–Trinajstić information content (AvgIpc) is 2.96. The molecule has 136 valence electrons. The molecule has 1 aliphatic rings. The molecule has 2 N–H and O–H groups in total. The number of aromatic nitrogens is 2. The standard InChI is InChI=1S/C22H28N4/c1-16-13-20(15-24-14-18-8-11-23-12-9-18)17(2)26(16)21-7-3-5-19-6-4-10-25-22(19)21/h3-7,10,13,18,23-24H,8-9,11-12,14-15H2,1-2H3. The molecule has 1 aliphatic heterocycles. The monoisotopic (exact) mass is 348 g/mol. The quantitative estimate of drug-likeness (QED) is 0.738. The molecule has 0 saturated carbocycles. The molecule has 0 aliphatic carbocycles. The van der Waals surface area contributed by atoms with Crippen LogP contribution >= 0.6 is 0 Å². The first-order chi connectivity index (χ1) is 12.7. The maximum absolute atomic E-state index is 4.63. The minimum absolute atomic E-state index is 0.807. The van der Waals surface area contributed by atoms with Crippen molar-refractivity contribution in [2.24, 2.45) is 5.92 Å². The number of pyridine rings is 1. The Bertz CT molecular complexity index is 885. The molecule has 0 bridgehead atoms. The molecule has 4 rings (SSSR count). The van der Waals surface area contributed by atoms with Crippen LogP contribution in [0.4, 0.5) is 0 Å². The zero-order chi connectivity index (χ0) is 17.9. The molecule has 26 heavy (non-hydrogen) atoms. The number of nitrogens with zero attached hydrogens (tertiary/aromatic N) is 2. The first kappa shape index (κ1) is 17.3. The van der Waals surface area contributed by atoms with Crippen LogP contribution in [-0.2, 0) is 6.54 Å². The third-order valence-electron chi connectivity index (χ3n) is 5.60. The van der Waals surface area contributed by atoms with Gasteiger partial charge in [0.25, 0.3) is 0 Å². The van der Waals surface area contributed by atoms with E-state index in [9.17, 15) is 0 Å². The van der Waals surface area contributed by atoms with Gasteiger partial charge in [-0.2, -0.15) is 0 Å². The number of hydrogen-bond donors (Lipinski definition) is 2. The normalized spacial score (nSPS) is 15.6. The van der Waals surface area contributed by atoms with E-state index >= 15 is 0 Å². The Morgan fingerprint density at radius 2 is 1.96 bits per heavy atom. The van der Waals surface area contributed by atoms with Crippen LogP contribution in [0.1, 0.15) is 29.8 Å². The molecular formula is C22H28N4. The lowest BCUT2D eigenvalue weighted by Gasteiger charge is -2.22. The third kappa shape index (κ3) is 3.39. The molecule has 0 unspecified atom stereocenters. The van der Waals surface area contributed by atoms with Gasteiger partial charge in [-0.25, -0.2) is 0 Å². The van der Waals surface area contributed by atoms with Crippen molar-refractivity contribution in [1.29, 1.82) is 0 Å². The summed E-state index contributed by atoms with van der Waals surface area (Å²) in [5, 5.41) is 8.31. The fourth-order valence-electron chi connectivity index (χ4n) is 4.14. The summed E-state index contributed by atoms with van der Waals surface area (Å²) in [5.41, 5.74) is 6.18. The van der Waals surface area contributed by atoms with Crippen molar-refractivity contribution < 1.29 is 0 Å². The van der Waals surface area contributed by atoms with Crippen LogP contribution in [0.25, 0.3) is 16.6 Å². The van der Waals surface area contributed by atoms with Gasteiger partial charge in [0.15, 0.2) is 0 Å². The lowest BCUT2D eigenvalue weighted by molar-refractivity contribution is 0.356. The highest BCUT2D eigenvalue weighted by atomic mass is 15.0. The van der Waals surface area contributed by atoms with E-state index < -0.39 is 0 Å². The van der Waals surface area contributed by atoms with Crippen molar-refractivity contribution in [1.82, 2.24) is 20.2 Å². The minimum Gasteiger partial charge on any atom is -0.317 e. The smallest absolute Gasteiger partial charge is 0.0942 e. The van der Waals surface area contributed by atoms with Crippen LogP contribution in [0, 0.1) is 19.8 Å². The van der Waals surface area contributed by atoms with Crippen molar-refractivity contribution in [3.05, 3.63) is 59.5 Å². The average molecular weight is 348 g/mol. The highest BCUT2D eigenvalue weighted by Gasteiger charge is 2.15. The number of para-hydroxylation sites is 1. The molecule has 3 heterocycles. The zero-order valence-corrected chi connectivity index (χ0v) is 15.8. The van der Waals surface area contributed by atoms with Crippen LogP contribution in [0.3, 0.4) is 0 Å². The molecule has 0 spiro atoms. The molecule has 1 saturated heterocycles. The molecule has 3 aromatic rings. The van der Waals surface area contributed by atoms with Crippen LogP contribution in [0.15, 0.2) is 42.6 Å². The second-order valence-electron chi connectivity index (χ2n) is 7.41. The van der Waals surface area contributed by atoms with Gasteiger partial charge in [0.1, 0.15) is 0 Å². The number of rotatable bonds is 5. The Kier molecular flexibility index (Phi) is 5.05. The number of hydrogen-bond acceptors (Lipinski definition) is 3. The van der Waals surface area contributed by atoms with Gasteiger partial charge in [-0.05, 0) is 76.0 Å². The predicted octanol–water partition coefficient (Wildman–Crippen LogP) is 3.73. The van der Waals surface area contributed by atoms with Gasteiger partial charge in [0.2, 0.25) is 0 Å². The third-order valence-corrected chi connectivity index (χ3v) is 5.60. The fraction of sp³-hybridized carbons (Fsp3) is 0.409. The zero-order valence-electron chi connectivity index (χ0n) is 15.8. The van der Waals surface area contributed by atoms with E-state index in [4.69, 9.17) is 0 Å². The SMILES string of the molecule is Cc1cc(CNCC2CCNCC2)c(C)n1-c1cccc2cccnc12. The summed E-state index contributed by atoms with van der Waals surface area (Å²) in [5.74, 6) is 0.807. The van der Waals surface area contributed by atoms with E-state index in [0.717, 1.165) is 37.6 Å². The molecule has 2 aromatic heterocycles. The number of aryl methyl sites for hydroxylation is 1. The van der Waals surface area contributed by atoms with Crippen LogP contribution < -0.4 is 10.6 Å². The molecule has 1 fully saturated rings. The Morgan fingerprint density at radius 1 is 1.15 bits per heavy atom. The van der Waals surface area contributed by atoms with Crippen molar-refractivity contribution in [2.45, 2.75) is 33.2 Å². The van der Waals surface area contributed by atoms with E-state index in [1.165, 1.54) is 40.9 Å². The Hall–Kier alpha value is -2.17. The van der Waals surface area contributed by atoms with Gasteiger partial charge in [-0.1, -0.05) is 18.2 Å². The summed E-state index contributed by atoms with van der Waals surface area (Å²) < 4.78 is 2.34. The second-order valence-corrected chi connectivity index (χ2v) is 7.41. The van der Waals surface area contributed by atoms with Gasteiger partial charge in [-0.3, -0.25) is 4.98 Å². The first-order valence-electron chi connectivity index (χ1n) is 9.67. The highest BCUT2D eigenvalue weighted by molar-refractivity contribution is 5.86. The van der Waals surface area contributed by atoms with Crippen LogP contribution in [0.2, 0.25) is 0 Å². The van der Waals surface area contributed by atoms with E-state index in [1.807, 2.05) is 12.3 Å². The molecule has 4 nitrogen and oxygen atoms in total. The minimum atomic E-state index is 0.807. The van der Waals surface area contributed by atoms with Crippen LogP contribution in [-0.4, -0.2) is 29.2 Å². The number of benzene rings is 1. The van der Waals surface area contributed by atoms with Gasteiger partial charge in [0.05, 0.1) is 11.2 Å². The van der Waals surface area contributed by atoms with Gasteiger partial charge < -0.3 is 15.2 Å². The number of piperidine rings is 1. The summed E-state index contributed by atoms with van der Waals surface area (Å²) in [6.45, 7) is 8.77. The van der Waals surface area contributed by atoms with Gasteiger partial charge in [-0.15, -0.1) is 0 Å². The molecule has 1 aromatic carbocycles. The van der Waals surface area contributed by atoms with Crippen LogP contribution in [0.5, 0.6) is 0 Å². The maximum atomic E-state index is 4.63. The van der Waals surface area contributed by atoms with Gasteiger partial charge in [0, 0.05) is 29.5 Å². The summed E-state index contributed by atoms with van der Waals surface area (Å²) in [4.78, 5) is 4.63. The number of nitrogens with one attached hydrogen (secondary N) is 2. The summed E-state index contributed by atoms with van der Waals surface area (Å²) in [6.07, 6.45) is 4.45. The van der Waals surface area contributed by atoms with E-state index in [-0.39, 0.29) is 0 Å². The topological polar surface area (TPSA) is 41.9 Å². The van der Waals surface area contributed by atoms with Crippen molar-refractivity contribution in [3.8, 4) is 5.69 Å². The first-order valence-corrected chi connectivity index (χ1v) is 9.67. The van der Waals surface area contributed by atoms with Gasteiger partial charge >= 0.3 is 0 Å². The predicted molar refractivity (Wildman–Crippen MR) is 108 cm³/mol. The number of fused-ring (bicyclic) bond motifs is 1. The fourth-order valence-corrected chi connectivity index (χ4v) is 4.14. The second kappa shape index (κ2) is 7.60.